The van der Waals surface area contributed by atoms with Gasteiger partial charge in [-0.05, 0) is 45.3 Å². The highest BCUT2D eigenvalue weighted by Crippen LogP contribution is 2.29. The van der Waals surface area contributed by atoms with Gasteiger partial charge >= 0.3 is 5.76 Å². The highest BCUT2D eigenvalue weighted by Gasteiger charge is 2.15. The fourth-order valence-corrected chi connectivity index (χ4v) is 2.61. The van der Waals surface area contributed by atoms with E-state index in [0.717, 1.165) is 5.56 Å². The molecular formula is C14H10BrFN2O2. The molecule has 1 unspecified atom stereocenters. The van der Waals surface area contributed by atoms with Crippen molar-refractivity contribution >= 4 is 27.0 Å². The van der Waals surface area contributed by atoms with E-state index in [-0.39, 0.29) is 5.82 Å². The smallest absolute Gasteiger partial charge is 0.408 e. The van der Waals surface area contributed by atoms with E-state index in [1.165, 1.54) is 6.07 Å². The third kappa shape index (κ3) is 2.17. The lowest BCUT2D eigenvalue weighted by Gasteiger charge is -2.14. The fourth-order valence-electron chi connectivity index (χ4n) is 2.10. The van der Waals surface area contributed by atoms with Crippen molar-refractivity contribution in [1.82, 2.24) is 4.98 Å². The summed E-state index contributed by atoms with van der Waals surface area (Å²) in [6.07, 6.45) is 0. The van der Waals surface area contributed by atoms with Gasteiger partial charge in [0, 0.05) is 0 Å². The van der Waals surface area contributed by atoms with Crippen molar-refractivity contribution < 1.29 is 8.81 Å². The van der Waals surface area contributed by atoms with Crippen LogP contribution in [0.4, 0.5) is 4.39 Å². The van der Waals surface area contributed by atoms with Gasteiger partial charge in [-0.15, -0.1) is 0 Å². The van der Waals surface area contributed by atoms with E-state index >= 15 is 0 Å². The van der Waals surface area contributed by atoms with Crippen LogP contribution >= 0.6 is 15.9 Å². The molecule has 2 aromatic carbocycles. The molecule has 0 aliphatic carbocycles. The van der Waals surface area contributed by atoms with Crippen LogP contribution in [0.1, 0.15) is 17.2 Å². The minimum atomic E-state index is -0.523. The Balaban J connectivity index is 2.09. The minimum absolute atomic E-state index is 0.336. The maximum atomic E-state index is 13.5. The number of oxazole rings is 1. The maximum Gasteiger partial charge on any atom is 0.417 e. The molecule has 0 saturated heterocycles. The van der Waals surface area contributed by atoms with Gasteiger partial charge in [0.25, 0.3) is 0 Å². The molecule has 0 aliphatic rings. The van der Waals surface area contributed by atoms with Gasteiger partial charge < -0.3 is 10.2 Å². The summed E-state index contributed by atoms with van der Waals surface area (Å²) in [6, 6.07) is 9.34. The second-order valence-electron chi connectivity index (χ2n) is 4.39. The average molecular weight is 337 g/mol. The van der Waals surface area contributed by atoms with Crippen molar-refractivity contribution in [3.63, 3.8) is 0 Å². The number of benzene rings is 2. The third-order valence-corrected chi connectivity index (χ3v) is 3.96. The second kappa shape index (κ2) is 4.88. The molecule has 0 saturated carbocycles. The van der Waals surface area contributed by atoms with Crippen LogP contribution in [0.15, 0.2) is 50.1 Å². The monoisotopic (exact) mass is 336 g/mol. The van der Waals surface area contributed by atoms with Gasteiger partial charge in [-0.25, -0.2) is 9.18 Å². The number of fused-ring (bicyclic) bond motifs is 1. The fraction of sp³-hybridized carbons (Fsp3) is 0.0714. The Morgan fingerprint density at radius 1 is 1.30 bits per heavy atom. The van der Waals surface area contributed by atoms with Crippen LogP contribution in [0, 0.1) is 5.82 Å². The van der Waals surface area contributed by atoms with Crippen LogP contribution < -0.4 is 11.5 Å². The Hall–Kier alpha value is -1.92. The zero-order chi connectivity index (χ0) is 14.3. The first kappa shape index (κ1) is 13.1. The summed E-state index contributed by atoms with van der Waals surface area (Å²) in [5.74, 6) is -0.884. The molecule has 3 aromatic rings. The number of hydrogen-bond donors (Lipinski definition) is 2. The van der Waals surface area contributed by atoms with E-state index in [1.807, 2.05) is 0 Å². The van der Waals surface area contributed by atoms with Gasteiger partial charge in [-0.1, -0.05) is 18.2 Å². The maximum absolute atomic E-state index is 13.5. The van der Waals surface area contributed by atoms with E-state index in [2.05, 4.69) is 20.9 Å². The third-order valence-electron chi connectivity index (χ3n) is 3.12. The Labute approximate surface area is 121 Å². The van der Waals surface area contributed by atoms with Crippen LogP contribution in [0.2, 0.25) is 0 Å². The van der Waals surface area contributed by atoms with Gasteiger partial charge in [0.15, 0.2) is 5.58 Å². The van der Waals surface area contributed by atoms with Crippen LogP contribution in [0.5, 0.6) is 0 Å². The molecule has 3 N–H and O–H groups in total. The predicted molar refractivity (Wildman–Crippen MR) is 77.0 cm³/mol. The van der Waals surface area contributed by atoms with Crippen molar-refractivity contribution in [2.75, 3.05) is 0 Å². The van der Waals surface area contributed by atoms with Crippen LogP contribution in [-0.4, -0.2) is 4.98 Å². The summed E-state index contributed by atoms with van der Waals surface area (Å²) in [7, 11) is 0. The van der Waals surface area contributed by atoms with E-state index in [9.17, 15) is 9.18 Å². The van der Waals surface area contributed by atoms with Gasteiger partial charge in [0.2, 0.25) is 0 Å². The van der Waals surface area contributed by atoms with Crippen molar-refractivity contribution in [2.24, 2.45) is 5.73 Å². The van der Waals surface area contributed by atoms with Crippen LogP contribution in [0.25, 0.3) is 11.1 Å². The standard InChI is InChI=1S/C14H10BrFN2O2/c15-12-8(2-1-3-9(12)16)13(17)7-4-5-10-11(6-7)20-14(19)18-10/h1-6,13H,17H2,(H,18,19). The van der Waals surface area contributed by atoms with Crippen molar-refractivity contribution in [3.8, 4) is 0 Å². The Kier molecular flexibility index (Phi) is 3.19. The zero-order valence-electron chi connectivity index (χ0n) is 10.2. The number of rotatable bonds is 2. The first-order valence-electron chi connectivity index (χ1n) is 5.88. The number of aromatic amines is 1. The number of nitrogens with two attached hydrogens (primary N) is 1. The lowest BCUT2D eigenvalue weighted by molar-refractivity contribution is 0.555. The molecular weight excluding hydrogens is 327 g/mol. The van der Waals surface area contributed by atoms with Crippen molar-refractivity contribution in [2.45, 2.75) is 6.04 Å². The van der Waals surface area contributed by atoms with E-state index in [1.54, 1.807) is 30.3 Å². The van der Waals surface area contributed by atoms with Gasteiger partial charge in [0.1, 0.15) is 5.82 Å². The molecule has 0 bridgehead atoms. The average Bonchev–Trinajstić information content (AvgIpc) is 2.80. The van der Waals surface area contributed by atoms with Crippen molar-refractivity contribution in [1.29, 1.82) is 0 Å². The molecule has 1 atom stereocenters. The normalized spacial score (nSPS) is 12.8. The molecule has 0 aliphatic heterocycles. The molecule has 102 valence electrons. The molecule has 1 aromatic heterocycles. The molecule has 20 heavy (non-hydrogen) atoms. The Morgan fingerprint density at radius 3 is 2.90 bits per heavy atom. The molecule has 3 rings (SSSR count). The molecule has 4 nitrogen and oxygen atoms in total. The molecule has 0 amide bonds. The lowest BCUT2D eigenvalue weighted by Crippen LogP contribution is -2.12. The molecule has 1 heterocycles. The summed E-state index contributed by atoms with van der Waals surface area (Å²) < 4.78 is 18.9. The molecule has 6 heteroatoms. The van der Waals surface area contributed by atoms with E-state index in [0.29, 0.717) is 21.1 Å². The summed E-state index contributed by atoms with van der Waals surface area (Å²) in [4.78, 5) is 13.7. The van der Waals surface area contributed by atoms with Crippen LogP contribution in [-0.2, 0) is 0 Å². The van der Waals surface area contributed by atoms with Crippen LogP contribution in [0.3, 0.4) is 0 Å². The van der Waals surface area contributed by atoms with Gasteiger partial charge in [-0.3, -0.25) is 4.98 Å². The summed E-state index contributed by atoms with van der Waals surface area (Å²) >= 11 is 3.20. The predicted octanol–water partition coefficient (Wildman–Crippen LogP) is 3.07. The first-order valence-corrected chi connectivity index (χ1v) is 6.68. The quantitative estimate of drug-likeness (QED) is 0.755. The number of H-pyrrole nitrogens is 1. The first-order chi connectivity index (χ1) is 9.56. The van der Waals surface area contributed by atoms with Gasteiger partial charge in [-0.2, -0.15) is 0 Å². The number of aromatic nitrogens is 1. The van der Waals surface area contributed by atoms with Crippen molar-refractivity contribution in [3.05, 3.63) is 68.4 Å². The molecule has 0 radical (unpaired) electrons. The number of hydrogen-bond acceptors (Lipinski definition) is 3. The molecule has 0 spiro atoms. The largest absolute Gasteiger partial charge is 0.417 e. The highest BCUT2D eigenvalue weighted by atomic mass is 79.9. The molecule has 0 fully saturated rings. The summed E-state index contributed by atoms with van der Waals surface area (Å²) in [5.41, 5.74) is 8.54. The summed E-state index contributed by atoms with van der Waals surface area (Å²) in [5, 5.41) is 0. The van der Waals surface area contributed by atoms with E-state index in [4.69, 9.17) is 10.2 Å². The second-order valence-corrected chi connectivity index (χ2v) is 5.18. The van der Waals surface area contributed by atoms with Gasteiger partial charge in [0.05, 0.1) is 16.0 Å². The van der Waals surface area contributed by atoms with E-state index < -0.39 is 11.8 Å². The Bertz CT molecular complexity index is 841. The topological polar surface area (TPSA) is 72.0 Å². The minimum Gasteiger partial charge on any atom is -0.408 e. The number of halogens is 2. The Morgan fingerprint density at radius 2 is 2.10 bits per heavy atom. The SMILES string of the molecule is NC(c1ccc2[nH]c(=O)oc2c1)c1cccc(F)c1Br. The number of nitrogens with one attached hydrogen (secondary N) is 1. The zero-order valence-corrected chi connectivity index (χ0v) is 11.8. The highest BCUT2D eigenvalue weighted by molar-refractivity contribution is 9.10. The summed E-state index contributed by atoms with van der Waals surface area (Å²) in [6.45, 7) is 0. The lowest BCUT2D eigenvalue weighted by atomic mass is 9.99.